The number of para-hydroxylation sites is 1. The van der Waals surface area contributed by atoms with E-state index in [1.54, 1.807) is 14.2 Å². The molecule has 3 nitrogen and oxygen atoms in total. The number of methoxy groups -OCH3 is 2. The fourth-order valence-corrected chi connectivity index (χ4v) is 1.38. The Morgan fingerprint density at radius 2 is 2.00 bits per heavy atom. The van der Waals surface area contributed by atoms with E-state index < -0.39 is 0 Å². The number of likely N-dealkylation sites (N-methyl/N-ethyl adjacent to an activating group) is 1. The van der Waals surface area contributed by atoms with Crippen LogP contribution in [0.4, 0.5) is 0 Å². The highest BCUT2D eigenvalue weighted by Crippen LogP contribution is 2.30. The monoisotopic (exact) mass is 194 g/mol. The van der Waals surface area contributed by atoms with E-state index in [4.69, 9.17) is 9.47 Å². The molecule has 0 N–H and O–H groups in total. The van der Waals surface area contributed by atoms with Crippen LogP contribution in [0.15, 0.2) is 18.2 Å². The summed E-state index contributed by atoms with van der Waals surface area (Å²) in [6.07, 6.45) is 0.886. The van der Waals surface area contributed by atoms with Gasteiger partial charge in [-0.1, -0.05) is 12.1 Å². The predicted octanol–water partition coefficient (Wildman–Crippen LogP) is 1.48. The van der Waals surface area contributed by atoms with Gasteiger partial charge in [-0.2, -0.15) is 0 Å². The Hall–Kier alpha value is -1.22. The lowest BCUT2D eigenvalue weighted by molar-refractivity contribution is 0.351. The molecule has 0 bridgehead atoms. The van der Waals surface area contributed by atoms with E-state index in [-0.39, 0.29) is 0 Å². The Balaban J connectivity index is 2.90. The molecule has 14 heavy (non-hydrogen) atoms. The van der Waals surface area contributed by atoms with E-state index in [2.05, 4.69) is 5.32 Å². The van der Waals surface area contributed by atoms with Gasteiger partial charge in [0.25, 0.3) is 0 Å². The lowest BCUT2D eigenvalue weighted by Gasteiger charge is -2.11. The number of hydrogen-bond acceptors (Lipinski definition) is 2. The Morgan fingerprint density at radius 3 is 2.57 bits per heavy atom. The van der Waals surface area contributed by atoms with Crippen molar-refractivity contribution < 1.29 is 9.47 Å². The highest BCUT2D eigenvalue weighted by Gasteiger charge is 2.08. The Labute approximate surface area is 85.0 Å². The van der Waals surface area contributed by atoms with E-state index in [1.807, 2.05) is 25.2 Å². The lowest BCUT2D eigenvalue weighted by Crippen LogP contribution is -2.05. The maximum Gasteiger partial charge on any atom is 0.163 e. The van der Waals surface area contributed by atoms with Crippen molar-refractivity contribution in [2.75, 3.05) is 27.8 Å². The number of benzene rings is 1. The Kier molecular flexibility index (Phi) is 4.26. The third-order valence-corrected chi connectivity index (χ3v) is 2.09. The molecule has 0 heterocycles. The van der Waals surface area contributed by atoms with E-state index in [1.165, 1.54) is 0 Å². The third kappa shape index (κ3) is 2.39. The molecule has 77 valence electrons. The zero-order chi connectivity index (χ0) is 10.4. The van der Waals surface area contributed by atoms with Gasteiger partial charge in [0.05, 0.1) is 14.2 Å². The summed E-state index contributed by atoms with van der Waals surface area (Å²) in [7, 11) is 5.11. The first-order chi connectivity index (χ1) is 6.83. The summed E-state index contributed by atoms with van der Waals surface area (Å²) in [4.78, 5) is 0. The van der Waals surface area contributed by atoms with Gasteiger partial charge in [0.2, 0.25) is 0 Å². The molecule has 0 fully saturated rings. The van der Waals surface area contributed by atoms with Gasteiger partial charge in [0.1, 0.15) is 0 Å². The molecule has 0 spiro atoms. The molecule has 0 unspecified atom stereocenters. The lowest BCUT2D eigenvalue weighted by atomic mass is 10.1. The van der Waals surface area contributed by atoms with Crippen LogP contribution in [0.2, 0.25) is 0 Å². The SMILES string of the molecule is C[N]CCc1cccc(OC)c1OC. The second-order valence-corrected chi connectivity index (χ2v) is 2.94. The first-order valence-electron chi connectivity index (χ1n) is 4.59. The standard InChI is InChI=1S/C11H16NO2/c1-12-8-7-9-5-4-6-10(13-2)11(9)14-3/h4-6H,7-8H2,1-3H3. The van der Waals surface area contributed by atoms with Crippen molar-refractivity contribution in [2.24, 2.45) is 0 Å². The zero-order valence-corrected chi connectivity index (χ0v) is 8.91. The molecular formula is C11H16NO2. The van der Waals surface area contributed by atoms with Crippen molar-refractivity contribution in [1.82, 2.24) is 5.32 Å². The molecular weight excluding hydrogens is 178 g/mol. The minimum Gasteiger partial charge on any atom is -0.493 e. The molecule has 0 aromatic heterocycles. The highest BCUT2D eigenvalue weighted by atomic mass is 16.5. The summed E-state index contributed by atoms with van der Waals surface area (Å²) in [5, 5.41) is 4.07. The zero-order valence-electron chi connectivity index (χ0n) is 8.91. The van der Waals surface area contributed by atoms with Gasteiger partial charge in [-0.05, 0) is 18.1 Å². The maximum atomic E-state index is 5.30. The van der Waals surface area contributed by atoms with E-state index in [9.17, 15) is 0 Å². The smallest absolute Gasteiger partial charge is 0.163 e. The number of rotatable bonds is 5. The van der Waals surface area contributed by atoms with Crippen molar-refractivity contribution in [3.05, 3.63) is 23.8 Å². The molecule has 0 atom stereocenters. The van der Waals surface area contributed by atoms with Crippen molar-refractivity contribution in [3.8, 4) is 11.5 Å². The van der Waals surface area contributed by atoms with Crippen LogP contribution in [0.3, 0.4) is 0 Å². The van der Waals surface area contributed by atoms with Crippen LogP contribution in [-0.4, -0.2) is 27.8 Å². The van der Waals surface area contributed by atoms with E-state index in [0.29, 0.717) is 0 Å². The average molecular weight is 194 g/mol. The van der Waals surface area contributed by atoms with Crippen LogP contribution in [0.25, 0.3) is 0 Å². The molecule has 0 aliphatic rings. The van der Waals surface area contributed by atoms with Crippen molar-refractivity contribution in [2.45, 2.75) is 6.42 Å². The number of nitrogens with zero attached hydrogens (tertiary/aromatic N) is 1. The fraction of sp³-hybridized carbons (Fsp3) is 0.455. The summed E-state index contributed by atoms with van der Waals surface area (Å²) < 4.78 is 10.5. The minimum atomic E-state index is 0.779. The first-order valence-corrected chi connectivity index (χ1v) is 4.59. The molecule has 1 aromatic carbocycles. The molecule has 0 saturated carbocycles. The maximum absolute atomic E-state index is 5.30. The van der Waals surface area contributed by atoms with Crippen LogP contribution in [0.5, 0.6) is 11.5 Å². The van der Waals surface area contributed by atoms with Gasteiger partial charge in [-0.3, -0.25) is 0 Å². The summed E-state index contributed by atoms with van der Waals surface area (Å²) in [6, 6.07) is 5.89. The van der Waals surface area contributed by atoms with Gasteiger partial charge in [0.15, 0.2) is 11.5 Å². The van der Waals surface area contributed by atoms with Crippen LogP contribution in [0.1, 0.15) is 5.56 Å². The van der Waals surface area contributed by atoms with Crippen molar-refractivity contribution >= 4 is 0 Å². The van der Waals surface area contributed by atoms with Gasteiger partial charge >= 0.3 is 0 Å². The predicted molar refractivity (Wildman–Crippen MR) is 56.2 cm³/mol. The van der Waals surface area contributed by atoms with Crippen molar-refractivity contribution in [3.63, 3.8) is 0 Å². The number of ether oxygens (including phenoxy) is 2. The second-order valence-electron chi connectivity index (χ2n) is 2.94. The Morgan fingerprint density at radius 1 is 1.21 bits per heavy atom. The molecule has 3 heteroatoms. The molecule has 1 aromatic rings. The molecule has 0 saturated heterocycles. The normalized spacial score (nSPS) is 9.93. The first kappa shape index (κ1) is 10.9. The van der Waals surface area contributed by atoms with Crippen LogP contribution in [0, 0.1) is 0 Å². The molecule has 1 radical (unpaired) electrons. The quantitative estimate of drug-likeness (QED) is 0.711. The molecule has 0 aliphatic carbocycles. The van der Waals surface area contributed by atoms with Gasteiger partial charge in [-0.15, -0.1) is 0 Å². The van der Waals surface area contributed by atoms with Gasteiger partial charge in [0, 0.05) is 13.6 Å². The fourth-order valence-electron chi connectivity index (χ4n) is 1.38. The van der Waals surface area contributed by atoms with Gasteiger partial charge in [-0.25, -0.2) is 5.32 Å². The summed E-state index contributed by atoms with van der Waals surface area (Å²) >= 11 is 0. The third-order valence-electron chi connectivity index (χ3n) is 2.09. The van der Waals surface area contributed by atoms with E-state index >= 15 is 0 Å². The summed E-state index contributed by atoms with van der Waals surface area (Å²) in [6.45, 7) is 0.809. The van der Waals surface area contributed by atoms with E-state index in [0.717, 1.165) is 30.0 Å². The van der Waals surface area contributed by atoms with Gasteiger partial charge < -0.3 is 9.47 Å². The van der Waals surface area contributed by atoms with Crippen LogP contribution >= 0.6 is 0 Å². The minimum absolute atomic E-state index is 0.779. The molecule has 0 aliphatic heterocycles. The average Bonchev–Trinajstić information content (AvgIpc) is 2.25. The number of hydrogen-bond donors (Lipinski definition) is 0. The summed E-state index contributed by atoms with van der Waals surface area (Å²) in [5.41, 5.74) is 1.14. The van der Waals surface area contributed by atoms with Crippen LogP contribution < -0.4 is 14.8 Å². The summed E-state index contributed by atoms with van der Waals surface area (Å²) in [5.74, 6) is 1.60. The van der Waals surface area contributed by atoms with Crippen molar-refractivity contribution in [1.29, 1.82) is 0 Å². The molecule has 0 amide bonds. The highest BCUT2D eigenvalue weighted by molar-refractivity contribution is 5.46. The molecule has 1 rings (SSSR count). The second kappa shape index (κ2) is 5.50. The topological polar surface area (TPSA) is 32.6 Å². The Bertz CT molecular complexity index is 287. The largest absolute Gasteiger partial charge is 0.493 e. The van der Waals surface area contributed by atoms with Crippen LogP contribution in [-0.2, 0) is 6.42 Å².